The third-order valence-corrected chi connectivity index (χ3v) is 6.27. The van der Waals surface area contributed by atoms with Crippen molar-refractivity contribution in [2.75, 3.05) is 4.90 Å². The Hall–Kier alpha value is -3.77. The molecule has 144 valence electrons. The van der Waals surface area contributed by atoms with Crippen molar-refractivity contribution in [3.05, 3.63) is 105 Å². The molecule has 5 aromatic rings. The molecule has 0 fully saturated rings. The van der Waals surface area contributed by atoms with Gasteiger partial charge in [-0.15, -0.1) is 11.3 Å². The molecule has 0 spiro atoms. The highest BCUT2D eigenvalue weighted by Gasteiger charge is 2.44. The molecular weight excluding hydrogens is 396 g/mol. The number of amides is 1. The number of carbonyl (C=O) groups is 1. The van der Waals surface area contributed by atoms with E-state index in [-0.39, 0.29) is 17.1 Å². The van der Waals surface area contributed by atoms with Gasteiger partial charge in [0.1, 0.15) is 5.58 Å². The number of hydrogen-bond donors (Lipinski definition) is 0. The van der Waals surface area contributed by atoms with E-state index in [2.05, 4.69) is 4.98 Å². The Labute approximate surface area is 174 Å². The maximum atomic E-state index is 13.7. The smallest absolute Gasteiger partial charge is 0.297 e. The number of fused-ring (bicyclic) bond motifs is 4. The van der Waals surface area contributed by atoms with Crippen molar-refractivity contribution in [3.8, 4) is 0 Å². The van der Waals surface area contributed by atoms with Crippen LogP contribution in [0.2, 0.25) is 0 Å². The summed E-state index contributed by atoms with van der Waals surface area (Å²) in [7, 11) is 0. The first-order valence-corrected chi connectivity index (χ1v) is 10.4. The topological polar surface area (TPSA) is 63.4 Å². The van der Waals surface area contributed by atoms with E-state index in [0.29, 0.717) is 21.7 Å². The summed E-state index contributed by atoms with van der Waals surface area (Å²) in [5.74, 6) is -0.256. The van der Waals surface area contributed by atoms with Gasteiger partial charge in [-0.1, -0.05) is 60.7 Å². The van der Waals surface area contributed by atoms with E-state index >= 15 is 0 Å². The van der Waals surface area contributed by atoms with Crippen LogP contribution in [0.25, 0.3) is 21.7 Å². The summed E-state index contributed by atoms with van der Waals surface area (Å²) in [5, 5.41) is 4.59. The van der Waals surface area contributed by atoms with Crippen LogP contribution in [-0.4, -0.2) is 10.9 Å². The van der Waals surface area contributed by atoms with Gasteiger partial charge in [-0.3, -0.25) is 14.5 Å². The first kappa shape index (κ1) is 17.1. The molecule has 0 aliphatic carbocycles. The van der Waals surface area contributed by atoms with E-state index in [1.165, 1.54) is 11.3 Å². The van der Waals surface area contributed by atoms with Gasteiger partial charge < -0.3 is 4.42 Å². The number of carbonyl (C=O) groups excluding carboxylic acids is 1. The highest BCUT2D eigenvalue weighted by molar-refractivity contribution is 7.13. The molecule has 0 saturated carbocycles. The Bertz CT molecular complexity index is 1490. The van der Waals surface area contributed by atoms with Crippen molar-refractivity contribution in [2.45, 2.75) is 6.04 Å². The van der Waals surface area contributed by atoms with Crippen LogP contribution in [0.3, 0.4) is 0 Å². The maximum absolute atomic E-state index is 13.7. The minimum atomic E-state index is -0.577. The maximum Gasteiger partial charge on any atom is 0.297 e. The van der Waals surface area contributed by atoms with Crippen molar-refractivity contribution in [1.29, 1.82) is 0 Å². The van der Waals surface area contributed by atoms with E-state index in [1.807, 2.05) is 66.0 Å². The van der Waals surface area contributed by atoms with Gasteiger partial charge in [-0.05, 0) is 17.0 Å². The molecule has 5 nitrogen and oxygen atoms in total. The van der Waals surface area contributed by atoms with Gasteiger partial charge in [0.15, 0.2) is 10.6 Å². The minimum Gasteiger partial charge on any atom is -0.450 e. The fraction of sp³-hybridized carbons (Fsp3) is 0.0417. The second-order valence-corrected chi connectivity index (χ2v) is 8.01. The molecule has 2 aromatic heterocycles. The monoisotopic (exact) mass is 410 g/mol. The quantitative estimate of drug-likeness (QED) is 0.378. The molecule has 6 rings (SSSR count). The lowest BCUT2D eigenvalue weighted by atomic mass is 9.98. The van der Waals surface area contributed by atoms with E-state index in [9.17, 15) is 9.59 Å². The average Bonchev–Trinajstić information content (AvgIpc) is 3.41. The highest BCUT2D eigenvalue weighted by Crippen LogP contribution is 2.42. The Morgan fingerprint density at radius 2 is 1.70 bits per heavy atom. The summed E-state index contributed by atoms with van der Waals surface area (Å²) >= 11 is 1.36. The minimum absolute atomic E-state index is 0.0907. The van der Waals surface area contributed by atoms with Crippen LogP contribution in [0, 0.1) is 0 Å². The van der Waals surface area contributed by atoms with Crippen LogP contribution in [0.1, 0.15) is 27.7 Å². The molecule has 1 unspecified atom stereocenters. The number of rotatable bonds is 2. The van der Waals surface area contributed by atoms with E-state index in [0.717, 1.165) is 16.3 Å². The van der Waals surface area contributed by atoms with Gasteiger partial charge >= 0.3 is 0 Å². The second-order valence-electron chi connectivity index (χ2n) is 7.14. The zero-order chi connectivity index (χ0) is 20.2. The van der Waals surface area contributed by atoms with Crippen molar-refractivity contribution in [3.63, 3.8) is 0 Å². The molecule has 1 atom stereocenters. The summed E-state index contributed by atoms with van der Waals surface area (Å²) in [4.78, 5) is 33.0. The van der Waals surface area contributed by atoms with E-state index in [1.54, 1.807) is 17.2 Å². The van der Waals surface area contributed by atoms with Crippen molar-refractivity contribution >= 4 is 44.1 Å². The summed E-state index contributed by atoms with van der Waals surface area (Å²) in [5.41, 5.74) is 1.47. The van der Waals surface area contributed by atoms with Gasteiger partial charge in [-0.2, -0.15) is 0 Å². The number of anilines is 1. The van der Waals surface area contributed by atoms with Crippen LogP contribution < -0.4 is 10.3 Å². The summed E-state index contributed by atoms with van der Waals surface area (Å²) < 4.78 is 6.18. The Morgan fingerprint density at radius 3 is 2.50 bits per heavy atom. The molecule has 3 heterocycles. The van der Waals surface area contributed by atoms with Gasteiger partial charge in [-0.25, -0.2) is 4.98 Å². The van der Waals surface area contributed by atoms with Crippen molar-refractivity contribution in [2.24, 2.45) is 0 Å². The standard InChI is InChI=1S/C24H14N2O3S/c27-20-17-11-10-14-6-4-5-9-16(14)21(17)29-22-18(20)19(15-7-2-1-3-8-15)26(23(22)28)24-25-12-13-30-24/h1-13,19H. The van der Waals surface area contributed by atoms with Crippen LogP contribution >= 0.6 is 11.3 Å². The number of aromatic nitrogens is 1. The normalized spacial score (nSPS) is 15.8. The second kappa shape index (κ2) is 6.37. The van der Waals surface area contributed by atoms with Crippen LogP contribution in [0.5, 0.6) is 0 Å². The zero-order valence-electron chi connectivity index (χ0n) is 15.6. The largest absolute Gasteiger partial charge is 0.450 e. The summed E-state index contributed by atoms with van der Waals surface area (Å²) in [6.45, 7) is 0. The molecule has 0 N–H and O–H groups in total. The molecule has 0 radical (unpaired) electrons. The average molecular weight is 410 g/mol. The summed E-state index contributed by atoms with van der Waals surface area (Å²) in [6.07, 6.45) is 1.65. The SMILES string of the molecule is O=C1c2oc3c(ccc4ccccc43)c(=O)c2C(c2ccccc2)N1c1nccs1. The Kier molecular flexibility index (Phi) is 3.63. The van der Waals surface area contributed by atoms with Crippen molar-refractivity contribution in [1.82, 2.24) is 4.98 Å². The Morgan fingerprint density at radius 1 is 0.900 bits per heavy atom. The third kappa shape index (κ3) is 2.31. The first-order chi connectivity index (χ1) is 14.7. The summed E-state index contributed by atoms with van der Waals surface area (Å²) in [6, 6.07) is 20.3. The predicted molar refractivity (Wildman–Crippen MR) is 117 cm³/mol. The molecule has 0 bridgehead atoms. The van der Waals surface area contributed by atoms with Crippen LogP contribution in [0.4, 0.5) is 5.13 Å². The lowest BCUT2D eigenvalue weighted by Gasteiger charge is -2.22. The fourth-order valence-corrected chi connectivity index (χ4v) is 4.85. The zero-order valence-corrected chi connectivity index (χ0v) is 16.4. The van der Waals surface area contributed by atoms with Crippen molar-refractivity contribution < 1.29 is 9.21 Å². The lowest BCUT2D eigenvalue weighted by molar-refractivity contribution is 0.0971. The van der Waals surface area contributed by atoms with E-state index in [4.69, 9.17) is 4.42 Å². The number of benzene rings is 3. The van der Waals surface area contributed by atoms with Gasteiger partial charge in [0.05, 0.1) is 17.0 Å². The molecular formula is C24H14N2O3S. The fourth-order valence-electron chi connectivity index (χ4n) is 4.18. The van der Waals surface area contributed by atoms with Gasteiger partial charge in [0, 0.05) is 17.0 Å². The number of thiazole rings is 1. The first-order valence-electron chi connectivity index (χ1n) is 9.50. The van der Waals surface area contributed by atoms with E-state index < -0.39 is 6.04 Å². The predicted octanol–water partition coefficient (Wildman–Crippen LogP) is 5.15. The molecule has 1 amide bonds. The molecule has 1 aliphatic heterocycles. The van der Waals surface area contributed by atoms with Crippen LogP contribution in [0.15, 0.2) is 87.5 Å². The molecule has 3 aromatic carbocycles. The van der Waals surface area contributed by atoms with Gasteiger partial charge in [0.25, 0.3) is 5.91 Å². The number of hydrogen-bond acceptors (Lipinski definition) is 5. The lowest BCUT2D eigenvalue weighted by Crippen LogP contribution is -2.29. The third-order valence-electron chi connectivity index (χ3n) is 5.50. The van der Waals surface area contributed by atoms with Crippen LogP contribution in [-0.2, 0) is 0 Å². The Balaban J connectivity index is 1.71. The number of nitrogens with zero attached hydrogens (tertiary/aromatic N) is 2. The molecule has 1 aliphatic rings. The highest BCUT2D eigenvalue weighted by atomic mass is 32.1. The van der Waals surface area contributed by atoms with Gasteiger partial charge in [0.2, 0.25) is 5.76 Å². The molecule has 6 heteroatoms. The molecule has 0 saturated heterocycles. The molecule has 30 heavy (non-hydrogen) atoms.